The Morgan fingerprint density at radius 2 is 1.63 bits per heavy atom. The maximum atomic E-state index is 6.33. The van der Waals surface area contributed by atoms with Crippen LogP contribution in [0.25, 0.3) is 0 Å². The molecule has 0 aromatic heterocycles. The molecule has 0 saturated heterocycles. The van der Waals surface area contributed by atoms with Gasteiger partial charge in [0.05, 0.1) is 6.04 Å². The van der Waals surface area contributed by atoms with Crippen LogP contribution in [0.4, 0.5) is 0 Å². The van der Waals surface area contributed by atoms with Gasteiger partial charge in [-0.1, -0.05) is 46.9 Å². The Morgan fingerprint density at radius 3 is 2.26 bits per heavy atom. The van der Waals surface area contributed by atoms with Crippen molar-refractivity contribution < 1.29 is 0 Å². The first-order valence-electron chi connectivity index (χ1n) is 5.91. The minimum absolute atomic E-state index is 0.0840. The fourth-order valence-electron chi connectivity index (χ4n) is 2.08. The lowest BCUT2D eigenvalue weighted by atomic mass is 9.98. The molecule has 0 saturated carbocycles. The van der Waals surface area contributed by atoms with Crippen molar-refractivity contribution in [2.24, 2.45) is 0 Å². The largest absolute Gasteiger partial charge is 0.309 e. The van der Waals surface area contributed by atoms with Gasteiger partial charge in [0.15, 0.2) is 0 Å². The quantitative estimate of drug-likeness (QED) is 0.814. The average molecular weight is 315 g/mol. The van der Waals surface area contributed by atoms with E-state index in [1.165, 1.54) is 0 Å². The molecule has 0 aliphatic rings. The van der Waals surface area contributed by atoms with Gasteiger partial charge in [-0.15, -0.1) is 0 Å². The highest BCUT2D eigenvalue weighted by Crippen LogP contribution is 2.34. The first-order chi connectivity index (χ1) is 9.02. The van der Waals surface area contributed by atoms with E-state index in [9.17, 15) is 0 Å². The van der Waals surface area contributed by atoms with Crippen LogP contribution in [0.3, 0.4) is 0 Å². The molecule has 19 heavy (non-hydrogen) atoms. The Labute approximate surface area is 128 Å². The number of hydrogen-bond acceptors (Lipinski definition) is 1. The monoisotopic (exact) mass is 313 g/mol. The Hall–Kier alpha value is -0.730. The molecule has 0 spiro atoms. The lowest BCUT2D eigenvalue weighted by Gasteiger charge is -2.20. The molecule has 2 aromatic carbocycles. The predicted molar refractivity (Wildman–Crippen MR) is 83.6 cm³/mol. The van der Waals surface area contributed by atoms with E-state index in [0.717, 1.165) is 21.7 Å². The zero-order valence-electron chi connectivity index (χ0n) is 10.7. The van der Waals surface area contributed by atoms with Crippen LogP contribution in [-0.4, -0.2) is 7.05 Å². The van der Waals surface area contributed by atoms with Crippen LogP contribution in [0.5, 0.6) is 0 Å². The van der Waals surface area contributed by atoms with Crippen LogP contribution in [-0.2, 0) is 0 Å². The van der Waals surface area contributed by atoms with Crippen molar-refractivity contribution in [2.45, 2.75) is 13.0 Å². The van der Waals surface area contributed by atoms with Crippen molar-refractivity contribution in [3.63, 3.8) is 0 Å². The number of hydrogen-bond donors (Lipinski definition) is 1. The first-order valence-corrected chi connectivity index (χ1v) is 7.04. The second-order valence-corrected chi connectivity index (χ2v) is 5.66. The van der Waals surface area contributed by atoms with Crippen LogP contribution in [0, 0.1) is 6.92 Å². The van der Waals surface area contributed by atoms with Crippen LogP contribution in [0.1, 0.15) is 22.7 Å². The van der Waals surface area contributed by atoms with Gasteiger partial charge in [-0.25, -0.2) is 0 Å². The number of benzene rings is 2. The fourth-order valence-corrected chi connectivity index (χ4v) is 2.83. The molecule has 2 rings (SSSR count). The third kappa shape index (κ3) is 3.24. The van der Waals surface area contributed by atoms with Crippen molar-refractivity contribution >= 4 is 34.8 Å². The van der Waals surface area contributed by atoms with Gasteiger partial charge in [0, 0.05) is 15.1 Å². The summed E-state index contributed by atoms with van der Waals surface area (Å²) in [4.78, 5) is 0. The maximum absolute atomic E-state index is 6.33. The minimum atomic E-state index is -0.0840. The van der Waals surface area contributed by atoms with E-state index in [2.05, 4.69) is 5.32 Å². The Bertz CT molecular complexity index is 596. The van der Waals surface area contributed by atoms with Gasteiger partial charge in [0.2, 0.25) is 0 Å². The molecule has 0 heterocycles. The van der Waals surface area contributed by atoms with Crippen LogP contribution in [0.15, 0.2) is 36.4 Å². The van der Waals surface area contributed by atoms with Gasteiger partial charge in [-0.2, -0.15) is 0 Å². The van der Waals surface area contributed by atoms with Crippen LogP contribution >= 0.6 is 34.8 Å². The molecule has 0 radical (unpaired) electrons. The topological polar surface area (TPSA) is 12.0 Å². The molecule has 2 aromatic rings. The predicted octanol–water partition coefficient (Wildman–Crippen LogP) is 5.26. The van der Waals surface area contributed by atoms with Crippen LogP contribution < -0.4 is 5.32 Å². The van der Waals surface area contributed by atoms with Crippen molar-refractivity contribution in [2.75, 3.05) is 7.05 Å². The third-order valence-electron chi connectivity index (χ3n) is 3.02. The number of halogens is 3. The zero-order chi connectivity index (χ0) is 14.0. The van der Waals surface area contributed by atoms with Gasteiger partial charge in [-0.05, 0) is 54.9 Å². The van der Waals surface area contributed by atoms with Gasteiger partial charge < -0.3 is 5.32 Å². The van der Waals surface area contributed by atoms with Crippen molar-refractivity contribution in [3.05, 3.63) is 68.2 Å². The lowest BCUT2D eigenvalue weighted by Crippen LogP contribution is -2.18. The highest BCUT2D eigenvalue weighted by molar-refractivity contribution is 6.34. The standard InChI is InChI=1S/C15H14Cl3N/c1-9-3-5-11(14(18)7-9)15(19-2)12-8-10(16)4-6-13(12)17/h3-8,15,19H,1-2H3. The number of rotatable bonds is 3. The maximum Gasteiger partial charge on any atom is 0.0604 e. The normalized spacial score (nSPS) is 12.5. The molecule has 0 aliphatic carbocycles. The molecule has 0 amide bonds. The van der Waals surface area contributed by atoms with Crippen molar-refractivity contribution in [3.8, 4) is 0 Å². The van der Waals surface area contributed by atoms with E-state index in [0.29, 0.717) is 10.0 Å². The van der Waals surface area contributed by atoms with E-state index in [4.69, 9.17) is 34.8 Å². The van der Waals surface area contributed by atoms with Gasteiger partial charge in [-0.3, -0.25) is 0 Å². The van der Waals surface area contributed by atoms with E-state index < -0.39 is 0 Å². The Kier molecular flexibility index (Phi) is 4.75. The Balaban J connectivity index is 2.52. The van der Waals surface area contributed by atoms with E-state index >= 15 is 0 Å². The first kappa shape index (κ1) is 14.7. The fraction of sp³-hybridized carbons (Fsp3) is 0.200. The molecule has 1 N–H and O–H groups in total. The summed E-state index contributed by atoms with van der Waals surface area (Å²) in [6, 6.07) is 11.3. The molecular formula is C15H14Cl3N. The second kappa shape index (κ2) is 6.15. The molecule has 0 aliphatic heterocycles. The SMILES string of the molecule is CNC(c1ccc(C)cc1Cl)c1cc(Cl)ccc1Cl. The average Bonchev–Trinajstić information content (AvgIpc) is 2.36. The molecule has 4 heteroatoms. The molecule has 1 nitrogen and oxygen atoms in total. The van der Waals surface area contributed by atoms with E-state index in [-0.39, 0.29) is 6.04 Å². The molecule has 0 fully saturated rings. The van der Waals surface area contributed by atoms with Crippen molar-refractivity contribution in [1.29, 1.82) is 0 Å². The van der Waals surface area contributed by atoms with Gasteiger partial charge >= 0.3 is 0 Å². The van der Waals surface area contributed by atoms with Gasteiger partial charge in [0.1, 0.15) is 0 Å². The Morgan fingerprint density at radius 1 is 0.895 bits per heavy atom. The summed E-state index contributed by atoms with van der Waals surface area (Å²) >= 11 is 18.6. The molecular weight excluding hydrogens is 301 g/mol. The summed E-state index contributed by atoms with van der Waals surface area (Å²) in [5, 5.41) is 5.28. The molecule has 1 atom stereocenters. The molecule has 0 bridgehead atoms. The van der Waals surface area contributed by atoms with E-state index in [1.807, 2.05) is 38.2 Å². The number of nitrogens with one attached hydrogen (secondary N) is 1. The highest BCUT2D eigenvalue weighted by Gasteiger charge is 2.18. The minimum Gasteiger partial charge on any atom is -0.309 e. The summed E-state index contributed by atoms with van der Waals surface area (Å²) in [6.45, 7) is 2.01. The highest BCUT2D eigenvalue weighted by atomic mass is 35.5. The summed E-state index contributed by atoms with van der Waals surface area (Å²) < 4.78 is 0. The summed E-state index contributed by atoms with van der Waals surface area (Å²) in [5.41, 5.74) is 3.03. The lowest BCUT2D eigenvalue weighted by molar-refractivity contribution is 0.692. The summed E-state index contributed by atoms with van der Waals surface area (Å²) in [6.07, 6.45) is 0. The van der Waals surface area contributed by atoms with Gasteiger partial charge in [0.25, 0.3) is 0 Å². The zero-order valence-corrected chi connectivity index (χ0v) is 12.9. The summed E-state index contributed by atoms with van der Waals surface area (Å²) in [5.74, 6) is 0. The second-order valence-electron chi connectivity index (χ2n) is 4.41. The third-order valence-corrected chi connectivity index (χ3v) is 3.93. The van der Waals surface area contributed by atoms with E-state index in [1.54, 1.807) is 12.1 Å². The van der Waals surface area contributed by atoms with Crippen molar-refractivity contribution in [1.82, 2.24) is 5.32 Å². The smallest absolute Gasteiger partial charge is 0.0604 e. The summed E-state index contributed by atoms with van der Waals surface area (Å²) in [7, 11) is 1.87. The van der Waals surface area contributed by atoms with Crippen LogP contribution in [0.2, 0.25) is 15.1 Å². The molecule has 1 unspecified atom stereocenters. The number of aryl methyl sites for hydroxylation is 1. The molecule has 100 valence electrons.